The van der Waals surface area contributed by atoms with Crippen LogP contribution >= 0.6 is 15.9 Å². The molecular formula is C31H34BrN3O4. The van der Waals surface area contributed by atoms with E-state index in [0.717, 1.165) is 35.7 Å². The number of hydrogen-bond acceptors (Lipinski definition) is 4. The van der Waals surface area contributed by atoms with E-state index in [9.17, 15) is 14.4 Å². The van der Waals surface area contributed by atoms with E-state index < -0.39 is 29.6 Å². The molecule has 2 bridgehead atoms. The van der Waals surface area contributed by atoms with Crippen LogP contribution in [0.1, 0.15) is 43.2 Å². The van der Waals surface area contributed by atoms with Crippen molar-refractivity contribution in [1.29, 1.82) is 0 Å². The number of carbonyl (C=O) groups is 3. The second kappa shape index (κ2) is 10.5. The van der Waals surface area contributed by atoms with Crippen LogP contribution < -0.4 is 10.6 Å². The van der Waals surface area contributed by atoms with Gasteiger partial charge < -0.3 is 20.3 Å². The van der Waals surface area contributed by atoms with E-state index >= 15 is 0 Å². The third-order valence-corrected chi connectivity index (χ3v) is 9.28. The summed E-state index contributed by atoms with van der Waals surface area (Å²) in [5.41, 5.74) is 1.77. The van der Waals surface area contributed by atoms with Gasteiger partial charge in [0.05, 0.1) is 17.9 Å². The molecule has 4 aliphatic rings. The summed E-state index contributed by atoms with van der Waals surface area (Å²) in [5.74, 6) is -2.09. The molecular weight excluding hydrogens is 558 g/mol. The largest absolute Gasteiger partial charge is 0.359 e. The van der Waals surface area contributed by atoms with E-state index in [1.54, 1.807) is 4.90 Å². The highest BCUT2D eigenvalue weighted by atomic mass is 79.9. The number of halogens is 1. The van der Waals surface area contributed by atoms with Crippen molar-refractivity contribution in [2.75, 3.05) is 11.9 Å². The highest BCUT2D eigenvalue weighted by Gasteiger charge is 2.72. The Morgan fingerprint density at radius 3 is 2.46 bits per heavy atom. The molecule has 0 aromatic heterocycles. The highest BCUT2D eigenvalue weighted by Crippen LogP contribution is 2.55. The second-order valence-electron chi connectivity index (χ2n) is 11.3. The lowest BCUT2D eigenvalue weighted by Crippen LogP contribution is -2.56. The zero-order valence-electron chi connectivity index (χ0n) is 22.1. The number of amides is 3. The van der Waals surface area contributed by atoms with Gasteiger partial charge in [0.25, 0.3) is 0 Å². The average Bonchev–Trinajstić information content (AvgIpc) is 3.57. The van der Waals surface area contributed by atoms with Crippen molar-refractivity contribution in [1.82, 2.24) is 10.2 Å². The molecule has 7 nitrogen and oxygen atoms in total. The molecule has 3 fully saturated rings. The molecule has 2 saturated heterocycles. The Kier molecular flexibility index (Phi) is 7.10. The number of anilines is 1. The van der Waals surface area contributed by atoms with E-state index in [1.807, 2.05) is 43.3 Å². The van der Waals surface area contributed by atoms with Crippen molar-refractivity contribution in [3.05, 3.63) is 76.3 Å². The summed E-state index contributed by atoms with van der Waals surface area (Å²) in [6.45, 7) is 2.42. The molecule has 8 heteroatoms. The van der Waals surface area contributed by atoms with E-state index in [-0.39, 0.29) is 23.8 Å². The van der Waals surface area contributed by atoms with Gasteiger partial charge >= 0.3 is 0 Å². The molecule has 6 rings (SSSR count). The molecule has 1 aliphatic carbocycles. The van der Waals surface area contributed by atoms with Crippen molar-refractivity contribution >= 4 is 39.3 Å². The monoisotopic (exact) mass is 591 g/mol. The minimum absolute atomic E-state index is 0.106. The van der Waals surface area contributed by atoms with Crippen LogP contribution in [0.25, 0.3) is 0 Å². The Hall–Kier alpha value is -2.97. The number of nitrogens with zero attached hydrogens (tertiary/aromatic N) is 1. The Morgan fingerprint density at radius 2 is 1.74 bits per heavy atom. The van der Waals surface area contributed by atoms with Crippen molar-refractivity contribution in [3.63, 3.8) is 0 Å². The molecule has 39 heavy (non-hydrogen) atoms. The van der Waals surface area contributed by atoms with Crippen LogP contribution in [0.5, 0.6) is 0 Å². The smallest absolute Gasteiger partial charge is 0.246 e. The number of likely N-dealkylation sites (tertiary alicyclic amines) is 1. The molecule has 204 valence electrons. The third kappa shape index (κ3) is 4.82. The minimum Gasteiger partial charge on any atom is -0.359 e. The first kappa shape index (κ1) is 26.3. The molecule has 0 unspecified atom stereocenters. The number of ether oxygens (including phenoxy) is 1. The van der Waals surface area contributed by atoms with Crippen LogP contribution in [0.15, 0.2) is 65.2 Å². The predicted molar refractivity (Wildman–Crippen MR) is 152 cm³/mol. The zero-order valence-corrected chi connectivity index (χ0v) is 23.7. The number of nitrogens with one attached hydrogen (secondary N) is 2. The molecule has 1 spiro atoms. The second-order valence-corrected chi connectivity index (χ2v) is 12.2. The highest BCUT2D eigenvalue weighted by molar-refractivity contribution is 9.10. The fraction of sp³-hybridized carbons (Fsp3) is 0.452. The van der Waals surface area contributed by atoms with E-state index in [0.29, 0.717) is 18.7 Å². The lowest BCUT2D eigenvalue weighted by atomic mass is 9.74. The SMILES string of the molecule is Cc1ccc(CCN2C(=O)[C@@H]3[C@@H](C(=O)Nc4ccc(Br)cc4)[C@@H]4C=C[C@@]3(O4)[C@@H]2C(=O)NC2CCCCC2)cc1. The molecule has 1 saturated carbocycles. The minimum atomic E-state index is -1.14. The van der Waals surface area contributed by atoms with Crippen molar-refractivity contribution < 1.29 is 19.1 Å². The van der Waals surface area contributed by atoms with E-state index in [1.165, 1.54) is 12.0 Å². The van der Waals surface area contributed by atoms with Crippen LogP contribution in [0.4, 0.5) is 5.69 Å². The fourth-order valence-corrected chi connectivity index (χ4v) is 7.06. The normalized spacial score (nSPS) is 29.5. The first-order valence-electron chi connectivity index (χ1n) is 14.0. The lowest BCUT2D eigenvalue weighted by Gasteiger charge is -2.34. The van der Waals surface area contributed by atoms with Gasteiger partial charge in [0.2, 0.25) is 17.7 Å². The summed E-state index contributed by atoms with van der Waals surface area (Å²) in [6, 6.07) is 14.9. The van der Waals surface area contributed by atoms with Gasteiger partial charge in [0.1, 0.15) is 11.6 Å². The van der Waals surface area contributed by atoms with Gasteiger partial charge in [-0.25, -0.2) is 0 Å². The maximum absolute atomic E-state index is 14.1. The van der Waals surface area contributed by atoms with E-state index in [4.69, 9.17) is 4.74 Å². The van der Waals surface area contributed by atoms with E-state index in [2.05, 4.69) is 50.8 Å². The maximum Gasteiger partial charge on any atom is 0.246 e. The van der Waals surface area contributed by atoms with Crippen LogP contribution in [-0.4, -0.2) is 53.0 Å². The first-order chi connectivity index (χ1) is 18.9. The summed E-state index contributed by atoms with van der Waals surface area (Å²) >= 11 is 3.42. The van der Waals surface area contributed by atoms with Gasteiger partial charge in [-0.1, -0.05) is 77.2 Å². The summed E-state index contributed by atoms with van der Waals surface area (Å²) in [5, 5.41) is 6.21. The van der Waals surface area contributed by atoms with Crippen molar-refractivity contribution in [2.45, 2.75) is 69.2 Å². The summed E-state index contributed by atoms with van der Waals surface area (Å²) in [6.07, 6.45) is 9.08. The predicted octanol–water partition coefficient (Wildman–Crippen LogP) is 4.54. The van der Waals surface area contributed by atoms with Crippen LogP contribution in [0, 0.1) is 18.8 Å². The maximum atomic E-state index is 14.1. The standard InChI is InChI=1S/C31H34BrN3O4/c1-19-7-9-20(10-8-19)16-18-35-27(29(37)34-22-5-3-2-4-6-22)31-17-15-24(39-31)25(26(31)30(35)38)28(36)33-23-13-11-21(32)12-14-23/h7-15,17,22,24-27H,2-6,16,18H2,1H3,(H,33,36)(H,34,37)/t24-,25-,26-,27-,31-/m0/s1. The molecule has 3 amide bonds. The number of aryl methyl sites for hydroxylation is 1. The fourth-order valence-electron chi connectivity index (χ4n) is 6.80. The topological polar surface area (TPSA) is 87.7 Å². The number of fused-ring (bicyclic) bond motifs is 1. The summed E-state index contributed by atoms with van der Waals surface area (Å²) in [7, 11) is 0. The molecule has 5 atom stereocenters. The van der Waals surface area contributed by atoms with Crippen molar-refractivity contribution in [3.8, 4) is 0 Å². The molecule has 2 aromatic rings. The van der Waals surface area contributed by atoms with Gasteiger partial charge in [0, 0.05) is 22.7 Å². The van der Waals surface area contributed by atoms with Crippen LogP contribution in [0.3, 0.4) is 0 Å². The molecule has 3 aliphatic heterocycles. The van der Waals surface area contributed by atoms with Gasteiger partial charge in [-0.3, -0.25) is 14.4 Å². The average molecular weight is 593 g/mol. The van der Waals surface area contributed by atoms with Gasteiger partial charge in [0.15, 0.2) is 0 Å². The first-order valence-corrected chi connectivity index (χ1v) is 14.7. The molecule has 2 N–H and O–H groups in total. The van der Waals surface area contributed by atoms with Gasteiger partial charge in [-0.15, -0.1) is 0 Å². The Balaban J connectivity index is 1.28. The Bertz CT molecular complexity index is 1290. The van der Waals surface area contributed by atoms with Gasteiger partial charge in [-0.05, 0) is 56.0 Å². The summed E-state index contributed by atoms with van der Waals surface area (Å²) in [4.78, 5) is 43.3. The van der Waals surface area contributed by atoms with Crippen LogP contribution in [0.2, 0.25) is 0 Å². The summed E-state index contributed by atoms with van der Waals surface area (Å²) < 4.78 is 7.37. The Morgan fingerprint density at radius 1 is 1.03 bits per heavy atom. The molecule has 0 radical (unpaired) electrons. The van der Waals surface area contributed by atoms with Gasteiger partial charge in [-0.2, -0.15) is 0 Å². The third-order valence-electron chi connectivity index (χ3n) is 8.75. The number of rotatable bonds is 7. The zero-order chi connectivity index (χ0) is 27.1. The lowest BCUT2D eigenvalue weighted by molar-refractivity contribution is -0.141. The molecule has 3 heterocycles. The number of carbonyl (C=O) groups excluding carboxylic acids is 3. The Labute approximate surface area is 237 Å². The number of benzene rings is 2. The quantitative estimate of drug-likeness (QED) is 0.463. The molecule has 2 aromatic carbocycles. The van der Waals surface area contributed by atoms with Crippen molar-refractivity contribution in [2.24, 2.45) is 11.8 Å². The van der Waals surface area contributed by atoms with Crippen LogP contribution in [-0.2, 0) is 25.5 Å². The number of hydrogen-bond donors (Lipinski definition) is 2.